The van der Waals surface area contributed by atoms with Crippen molar-refractivity contribution in [1.29, 1.82) is 0 Å². The van der Waals surface area contributed by atoms with E-state index in [1.54, 1.807) is 0 Å². The molecule has 0 rings (SSSR count). The summed E-state index contributed by atoms with van der Waals surface area (Å²) in [5.41, 5.74) is 0. The van der Waals surface area contributed by atoms with Crippen molar-refractivity contribution in [3.8, 4) is 0 Å². The number of nitrogens with one attached hydrogen (secondary N) is 1. The van der Waals surface area contributed by atoms with Gasteiger partial charge in [0.05, 0.1) is 6.61 Å². The Morgan fingerprint density at radius 1 is 0.536 bits per heavy atom. The van der Waals surface area contributed by atoms with Crippen LogP contribution in [0.4, 0.5) is 0 Å². The monoisotopic (exact) mass is 813 g/mol. The number of hydrogen-bond donors (Lipinski definition) is 1. The molecule has 0 spiro atoms. The fourth-order valence-electron chi connectivity index (χ4n) is 7.50. The molecule has 0 aromatic heterocycles. The number of carbonyl (C=O) groups excluding carboxylic acids is 2. The molecule has 0 heterocycles. The van der Waals surface area contributed by atoms with Crippen molar-refractivity contribution in [2.45, 2.75) is 253 Å². The highest BCUT2D eigenvalue weighted by Crippen LogP contribution is 2.19. The molecule has 0 fully saturated rings. The minimum Gasteiger partial charge on any atom is -0.598 e. The number of carbonyl (C=O) groups is 2. The molecule has 0 aliphatic rings. The molecule has 0 aromatic carbocycles. The molecule has 0 aliphatic carbocycles. The Balaban J connectivity index is 4.33. The normalized spacial score (nSPS) is 12.8. The number of unbranched alkanes of at least 4 members (excludes halogenated alkanes) is 22. The van der Waals surface area contributed by atoms with Crippen LogP contribution in [0.3, 0.4) is 0 Å². The van der Waals surface area contributed by atoms with Crippen LogP contribution in [0, 0.1) is 5.92 Å². The van der Waals surface area contributed by atoms with Crippen molar-refractivity contribution < 1.29 is 23.6 Å². The first-order valence-corrected chi connectivity index (χ1v) is 25.9. The molecule has 0 radical (unpaired) electrons. The van der Waals surface area contributed by atoms with Crippen molar-refractivity contribution in [3.05, 3.63) is 0 Å². The molecule has 56 heavy (non-hydrogen) atoms. The number of nitrogens with zero attached hydrogens (tertiary/aromatic N) is 1. The molecule has 0 amide bonds. The predicted molar refractivity (Wildman–Crippen MR) is 243 cm³/mol. The quantitative estimate of drug-likeness (QED) is 0.0372. The van der Waals surface area contributed by atoms with Gasteiger partial charge in [-0.25, -0.2) is 0 Å². The Morgan fingerprint density at radius 3 is 1.45 bits per heavy atom. The van der Waals surface area contributed by atoms with Crippen LogP contribution in [0.15, 0.2) is 0 Å². The van der Waals surface area contributed by atoms with E-state index in [1.165, 1.54) is 135 Å². The average Bonchev–Trinajstić information content (AvgIpc) is 3.19. The first-order chi connectivity index (χ1) is 27.4. The van der Waals surface area contributed by atoms with Crippen LogP contribution in [0.2, 0.25) is 0 Å². The van der Waals surface area contributed by atoms with Gasteiger partial charge in [-0.05, 0) is 96.7 Å². The summed E-state index contributed by atoms with van der Waals surface area (Å²) in [6.45, 7) is 15.5. The molecule has 7 nitrogen and oxygen atoms in total. The molecule has 2 atom stereocenters. The van der Waals surface area contributed by atoms with Gasteiger partial charge in [0.1, 0.15) is 11.9 Å². The van der Waals surface area contributed by atoms with Gasteiger partial charge < -0.3 is 18.9 Å². The molecule has 334 valence electrons. The maximum Gasteiger partial charge on any atom is 0.306 e. The van der Waals surface area contributed by atoms with Gasteiger partial charge in [-0.1, -0.05) is 163 Å². The van der Waals surface area contributed by atoms with E-state index in [-0.39, 0.29) is 18.0 Å². The van der Waals surface area contributed by atoms with Gasteiger partial charge >= 0.3 is 11.9 Å². The summed E-state index contributed by atoms with van der Waals surface area (Å²) in [7, 11) is 0. The number of rotatable bonds is 45. The van der Waals surface area contributed by atoms with Crippen LogP contribution in [-0.4, -0.2) is 66.0 Å². The van der Waals surface area contributed by atoms with E-state index in [0.29, 0.717) is 31.1 Å². The summed E-state index contributed by atoms with van der Waals surface area (Å²) >= 11 is -0.921. The zero-order valence-electron chi connectivity index (χ0n) is 38.1. The molecule has 2 unspecified atom stereocenters. The van der Waals surface area contributed by atoms with E-state index < -0.39 is 11.4 Å². The van der Waals surface area contributed by atoms with Crippen LogP contribution in [0.5, 0.6) is 0 Å². The lowest BCUT2D eigenvalue weighted by Gasteiger charge is -2.22. The van der Waals surface area contributed by atoms with E-state index in [2.05, 4.69) is 37.3 Å². The van der Waals surface area contributed by atoms with Gasteiger partial charge in [-0.3, -0.25) is 9.59 Å². The Bertz CT molecular complexity index is 817. The number of hydrogen-bond acceptors (Lipinski definition) is 7. The second kappa shape index (κ2) is 43.7. The lowest BCUT2D eigenvalue weighted by Crippen LogP contribution is -2.32. The molecule has 0 saturated carbocycles. The largest absolute Gasteiger partial charge is 0.598 e. The zero-order valence-corrected chi connectivity index (χ0v) is 38.9. The topological polar surface area (TPSA) is 90.9 Å². The minimum absolute atomic E-state index is 0.0177. The minimum atomic E-state index is -0.921. The lowest BCUT2D eigenvalue weighted by atomic mass is 10.0. The predicted octanol–water partition coefficient (Wildman–Crippen LogP) is 13.6. The van der Waals surface area contributed by atoms with Gasteiger partial charge in [0, 0.05) is 30.7 Å². The Hall–Kier alpha value is -0.830. The van der Waals surface area contributed by atoms with E-state index >= 15 is 0 Å². The number of esters is 2. The van der Waals surface area contributed by atoms with E-state index in [1.807, 2.05) is 6.92 Å². The maximum atomic E-state index is 12.8. The third-order valence-electron chi connectivity index (χ3n) is 11.3. The summed E-state index contributed by atoms with van der Waals surface area (Å²) in [6.07, 6.45) is 38.4. The zero-order chi connectivity index (χ0) is 41.2. The average molecular weight is 813 g/mol. The summed E-state index contributed by atoms with van der Waals surface area (Å²) in [4.78, 5) is 27.6. The van der Waals surface area contributed by atoms with Gasteiger partial charge in [0.15, 0.2) is 0 Å². The SMILES string of the molecule is CCCCCCCCC(CCCCCCCC)OC(=O)CCCCCCCN(CCCCCCCC(=O)OCC(C)CCCCCCC)CCCN[S+]([O-])CC. The van der Waals surface area contributed by atoms with Gasteiger partial charge in [0.25, 0.3) is 0 Å². The van der Waals surface area contributed by atoms with Gasteiger partial charge in [0.2, 0.25) is 0 Å². The summed E-state index contributed by atoms with van der Waals surface area (Å²) in [6, 6.07) is 0. The molecule has 0 aromatic rings. The first kappa shape index (κ1) is 55.2. The molecule has 1 N–H and O–H groups in total. The molecule has 0 aliphatic heterocycles. The second-order valence-corrected chi connectivity index (χ2v) is 18.5. The smallest absolute Gasteiger partial charge is 0.306 e. The highest BCUT2D eigenvalue weighted by molar-refractivity contribution is 7.89. The van der Waals surface area contributed by atoms with Crippen molar-refractivity contribution in [1.82, 2.24) is 9.62 Å². The lowest BCUT2D eigenvalue weighted by molar-refractivity contribution is -0.150. The van der Waals surface area contributed by atoms with Crippen molar-refractivity contribution in [2.75, 3.05) is 38.5 Å². The van der Waals surface area contributed by atoms with Crippen LogP contribution in [-0.2, 0) is 30.4 Å². The van der Waals surface area contributed by atoms with Gasteiger partial charge in [-0.15, -0.1) is 4.72 Å². The molecule has 0 saturated heterocycles. The standard InChI is InChI=1S/C48H96N2O5S/c1-6-10-13-16-21-28-36-46(37-29-22-17-14-11-7-2)55-48(52)39-31-24-19-26-33-42-50(43-34-40-49-56(53)9-4)41-32-25-18-23-30-38-47(51)54-44-45(5)35-27-20-15-12-8-3/h45-46,49H,6-44H2,1-5H3. The second-order valence-electron chi connectivity index (χ2n) is 17.0. The first-order valence-electron chi connectivity index (χ1n) is 24.5. The summed E-state index contributed by atoms with van der Waals surface area (Å²) in [5, 5.41) is 0. The van der Waals surface area contributed by atoms with Crippen LogP contribution >= 0.6 is 0 Å². The molecule has 8 heteroatoms. The van der Waals surface area contributed by atoms with Crippen molar-refractivity contribution >= 4 is 23.3 Å². The maximum absolute atomic E-state index is 12.8. The number of ether oxygens (including phenoxy) is 2. The highest BCUT2D eigenvalue weighted by atomic mass is 32.2. The Morgan fingerprint density at radius 2 is 0.946 bits per heavy atom. The van der Waals surface area contributed by atoms with Crippen LogP contribution < -0.4 is 4.72 Å². The molecular weight excluding hydrogens is 717 g/mol. The molecule has 0 bridgehead atoms. The third kappa shape index (κ3) is 40.0. The van der Waals surface area contributed by atoms with Crippen LogP contribution in [0.1, 0.15) is 247 Å². The van der Waals surface area contributed by atoms with E-state index in [4.69, 9.17) is 9.47 Å². The van der Waals surface area contributed by atoms with E-state index in [0.717, 1.165) is 90.4 Å². The van der Waals surface area contributed by atoms with Gasteiger partial charge in [-0.2, -0.15) is 0 Å². The Labute approximate surface area is 352 Å². The molecular formula is C48H96N2O5S. The van der Waals surface area contributed by atoms with Crippen molar-refractivity contribution in [2.24, 2.45) is 5.92 Å². The fraction of sp³-hybridized carbons (Fsp3) is 0.958. The van der Waals surface area contributed by atoms with Crippen molar-refractivity contribution in [3.63, 3.8) is 0 Å². The van der Waals surface area contributed by atoms with E-state index in [9.17, 15) is 14.1 Å². The fourth-order valence-corrected chi connectivity index (χ4v) is 8.07. The summed E-state index contributed by atoms with van der Waals surface area (Å²) in [5.74, 6) is 1.10. The Kier molecular flexibility index (Phi) is 43.1. The highest BCUT2D eigenvalue weighted by Gasteiger charge is 2.15. The van der Waals surface area contributed by atoms with Crippen LogP contribution in [0.25, 0.3) is 0 Å². The summed E-state index contributed by atoms with van der Waals surface area (Å²) < 4.78 is 26.6. The third-order valence-corrected chi connectivity index (χ3v) is 12.3.